The molecule has 13 heavy (non-hydrogen) atoms. The molecule has 0 amide bonds. The molecule has 0 aliphatic carbocycles. The molecule has 2 atom stereocenters. The van der Waals surface area contributed by atoms with Gasteiger partial charge in [0, 0.05) is 24.7 Å². The van der Waals surface area contributed by atoms with Crippen LogP contribution < -0.4 is 0 Å². The molecule has 0 spiro atoms. The van der Waals surface area contributed by atoms with E-state index < -0.39 is 0 Å². The Labute approximate surface area is 82.9 Å². The summed E-state index contributed by atoms with van der Waals surface area (Å²) in [6, 6.07) is 0.735. The third kappa shape index (κ3) is 2.44. The van der Waals surface area contributed by atoms with Crippen LogP contribution in [0.5, 0.6) is 0 Å². The first-order valence-corrected chi connectivity index (χ1v) is 5.24. The first-order valence-electron chi connectivity index (χ1n) is 5.24. The lowest BCUT2D eigenvalue weighted by Gasteiger charge is -2.32. The number of hydrogen-bond acceptors (Lipinski definition) is 2. The summed E-state index contributed by atoms with van der Waals surface area (Å²) in [6.45, 7) is 11.7. The lowest BCUT2D eigenvalue weighted by molar-refractivity contribution is 0.159. The van der Waals surface area contributed by atoms with E-state index in [0.717, 1.165) is 12.0 Å². The van der Waals surface area contributed by atoms with E-state index in [2.05, 4.69) is 51.6 Å². The summed E-state index contributed by atoms with van der Waals surface area (Å²) < 4.78 is 0. The van der Waals surface area contributed by atoms with Gasteiger partial charge in [-0.25, -0.2) is 0 Å². The molecule has 1 aliphatic rings. The molecular weight excluding hydrogens is 160 g/mol. The Kier molecular flexibility index (Phi) is 3.03. The number of hydrogen-bond donors (Lipinski definition) is 0. The second-order valence-corrected chi connectivity index (χ2v) is 5.58. The second kappa shape index (κ2) is 3.58. The Morgan fingerprint density at radius 2 is 1.69 bits per heavy atom. The largest absolute Gasteiger partial charge is 0.305 e. The van der Waals surface area contributed by atoms with E-state index in [1.165, 1.54) is 13.1 Å². The van der Waals surface area contributed by atoms with Crippen LogP contribution in [0.2, 0.25) is 0 Å². The summed E-state index contributed by atoms with van der Waals surface area (Å²) in [5.74, 6) is 0.800. The average molecular weight is 184 g/mol. The van der Waals surface area contributed by atoms with Gasteiger partial charge in [0.1, 0.15) is 0 Å². The molecule has 2 unspecified atom stereocenters. The van der Waals surface area contributed by atoms with Crippen LogP contribution in [0, 0.1) is 5.92 Å². The fraction of sp³-hybridized carbons (Fsp3) is 1.00. The highest BCUT2D eigenvalue weighted by Gasteiger charge is 2.35. The lowest BCUT2D eigenvalue weighted by atomic mass is 10.1. The Balaban J connectivity index is 2.60. The van der Waals surface area contributed by atoms with Gasteiger partial charge in [-0.1, -0.05) is 6.92 Å². The zero-order valence-electron chi connectivity index (χ0n) is 9.96. The van der Waals surface area contributed by atoms with Crippen molar-refractivity contribution in [1.29, 1.82) is 0 Å². The minimum Gasteiger partial charge on any atom is -0.305 e. The van der Waals surface area contributed by atoms with E-state index in [-0.39, 0.29) is 0 Å². The molecule has 1 fully saturated rings. The predicted molar refractivity (Wildman–Crippen MR) is 58.0 cm³/mol. The molecule has 0 saturated carbocycles. The van der Waals surface area contributed by atoms with Crippen molar-refractivity contribution < 1.29 is 0 Å². The van der Waals surface area contributed by atoms with Gasteiger partial charge in [-0.2, -0.15) is 0 Å². The number of rotatable bonds is 1. The average Bonchev–Trinajstić information content (AvgIpc) is 2.29. The van der Waals surface area contributed by atoms with E-state index in [0.29, 0.717) is 5.54 Å². The molecule has 1 rings (SSSR count). The summed E-state index contributed by atoms with van der Waals surface area (Å²) >= 11 is 0. The second-order valence-electron chi connectivity index (χ2n) is 5.58. The van der Waals surface area contributed by atoms with Crippen LogP contribution in [-0.2, 0) is 0 Å². The molecular formula is C11H24N2. The van der Waals surface area contributed by atoms with Gasteiger partial charge in [0.2, 0.25) is 0 Å². The molecule has 2 heteroatoms. The summed E-state index contributed by atoms with van der Waals surface area (Å²) in [5, 5.41) is 0. The predicted octanol–water partition coefficient (Wildman–Crippen LogP) is 1.67. The van der Waals surface area contributed by atoms with E-state index in [1.807, 2.05) is 0 Å². The Morgan fingerprint density at radius 3 is 1.92 bits per heavy atom. The molecule has 0 aromatic carbocycles. The molecule has 1 heterocycles. The minimum absolute atomic E-state index is 0.332. The van der Waals surface area contributed by atoms with Gasteiger partial charge in [0.05, 0.1) is 0 Å². The van der Waals surface area contributed by atoms with Crippen molar-refractivity contribution in [2.24, 2.45) is 5.92 Å². The highest BCUT2D eigenvalue weighted by molar-refractivity contribution is 4.91. The third-order valence-corrected chi connectivity index (χ3v) is 3.18. The molecule has 1 aliphatic heterocycles. The van der Waals surface area contributed by atoms with Crippen LogP contribution >= 0.6 is 0 Å². The Bertz CT molecular complexity index is 169. The van der Waals surface area contributed by atoms with Gasteiger partial charge in [0.15, 0.2) is 0 Å². The number of likely N-dealkylation sites (tertiary alicyclic amines) is 1. The highest BCUT2D eigenvalue weighted by atomic mass is 15.3. The molecule has 2 nitrogen and oxygen atoms in total. The van der Waals surface area contributed by atoms with E-state index in [9.17, 15) is 0 Å². The van der Waals surface area contributed by atoms with Crippen molar-refractivity contribution in [3.05, 3.63) is 0 Å². The van der Waals surface area contributed by atoms with Crippen LogP contribution in [0.15, 0.2) is 0 Å². The van der Waals surface area contributed by atoms with Crippen molar-refractivity contribution in [3.8, 4) is 0 Å². The van der Waals surface area contributed by atoms with Crippen molar-refractivity contribution in [2.45, 2.75) is 39.3 Å². The lowest BCUT2D eigenvalue weighted by Crippen LogP contribution is -2.41. The summed E-state index contributed by atoms with van der Waals surface area (Å²) in [6.07, 6.45) is 0. The monoisotopic (exact) mass is 184 g/mol. The molecule has 0 bridgehead atoms. The number of nitrogens with zero attached hydrogens (tertiary/aromatic N) is 2. The standard InChI is InChI=1S/C11H24N2/c1-9-7-13(11(2,3)4)8-10(9)12(5)6/h9-10H,7-8H2,1-6H3. The van der Waals surface area contributed by atoms with Gasteiger partial charge in [-0.15, -0.1) is 0 Å². The van der Waals surface area contributed by atoms with Crippen LogP contribution in [0.1, 0.15) is 27.7 Å². The van der Waals surface area contributed by atoms with E-state index in [4.69, 9.17) is 0 Å². The minimum atomic E-state index is 0.332. The van der Waals surface area contributed by atoms with Gasteiger partial charge in [-0.3, -0.25) is 4.90 Å². The SMILES string of the molecule is CC1CN(C(C)(C)C)CC1N(C)C. The summed E-state index contributed by atoms with van der Waals surface area (Å²) in [7, 11) is 4.38. The maximum Gasteiger partial charge on any atom is 0.0255 e. The number of likely N-dealkylation sites (N-methyl/N-ethyl adjacent to an activating group) is 1. The van der Waals surface area contributed by atoms with Crippen molar-refractivity contribution in [2.75, 3.05) is 27.2 Å². The van der Waals surface area contributed by atoms with Gasteiger partial charge in [0.25, 0.3) is 0 Å². The molecule has 0 aromatic heterocycles. The fourth-order valence-electron chi connectivity index (χ4n) is 2.17. The molecule has 78 valence electrons. The topological polar surface area (TPSA) is 6.48 Å². The molecule has 1 saturated heterocycles. The zero-order valence-corrected chi connectivity index (χ0v) is 9.96. The third-order valence-electron chi connectivity index (χ3n) is 3.18. The fourth-order valence-corrected chi connectivity index (χ4v) is 2.17. The molecule has 0 radical (unpaired) electrons. The van der Waals surface area contributed by atoms with E-state index >= 15 is 0 Å². The highest BCUT2D eigenvalue weighted by Crippen LogP contribution is 2.26. The normalized spacial score (nSPS) is 31.6. The maximum atomic E-state index is 2.59. The van der Waals surface area contributed by atoms with Crippen molar-refractivity contribution in [1.82, 2.24) is 9.80 Å². The maximum absolute atomic E-state index is 2.59. The van der Waals surface area contributed by atoms with Crippen LogP contribution in [0.25, 0.3) is 0 Å². The van der Waals surface area contributed by atoms with Crippen molar-refractivity contribution in [3.63, 3.8) is 0 Å². The summed E-state index contributed by atoms with van der Waals surface area (Å²) in [4.78, 5) is 4.94. The van der Waals surface area contributed by atoms with Crippen molar-refractivity contribution >= 4 is 0 Å². The summed E-state index contributed by atoms with van der Waals surface area (Å²) in [5.41, 5.74) is 0.332. The van der Waals surface area contributed by atoms with Gasteiger partial charge >= 0.3 is 0 Å². The quantitative estimate of drug-likeness (QED) is 0.611. The van der Waals surface area contributed by atoms with Gasteiger partial charge < -0.3 is 4.90 Å². The Morgan fingerprint density at radius 1 is 1.15 bits per heavy atom. The molecule has 0 aromatic rings. The van der Waals surface area contributed by atoms with Crippen LogP contribution in [0.3, 0.4) is 0 Å². The van der Waals surface area contributed by atoms with E-state index in [1.54, 1.807) is 0 Å². The van der Waals surface area contributed by atoms with Gasteiger partial charge in [-0.05, 0) is 40.8 Å². The first kappa shape index (κ1) is 11.0. The smallest absolute Gasteiger partial charge is 0.0255 e. The van der Waals surface area contributed by atoms with Crippen LogP contribution in [-0.4, -0.2) is 48.6 Å². The van der Waals surface area contributed by atoms with Crippen LogP contribution in [0.4, 0.5) is 0 Å². The molecule has 0 N–H and O–H groups in total. The zero-order chi connectivity index (χ0) is 10.2. The Hall–Kier alpha value is -0.0800. The first-order chi connectivity index (χ1) is 5.82.